The molecule has 0 heterocycles. The van der Waals surface area contributed by atoms with Gasteiger partial charge in [0.05, 0.1) is 17.7 Å². The number of carbonyl (C=O) groups is 3. The van der Waals surface area contributed by atoms with E-state index in [9.17, 15) is 14.4 Å². The van der Waals surface area contributed by atoms with Crippen molar-refractivity contribution in [1.82, 2.24) is 0 Å². The second-order valence-electron chi connectivity index (χ2n) is 2.99. The molecule has 0 saturated carbocycles. The van der Waals surface area contributed by atoms with Gasteiger partial charge in [0, 0.05) is 5.56 Å². The topological polar surface area (TPSA) is 80.7 Å². The summed E-state index contributed by atoms with van der Waals surface area (Å²) in [5, 5.41) is 8.77. The first kappa shape index (κ1) is 11.9. The Morgan fingerprint density at radius 1 is 1.31 bits per heavy atom. The van der Waals surface area contributed by atoms with Crippen LogP contribution < -0.4 is 0 Å². The van der Waals surface area contributed by atoms with E-state index < -0.39 is 11.9 Å². The number of rotatable bonds is 4. The van der Waals surface area contributed by atoms with E-state index in [-0.39, 0.29) is 23.3 Å². The molecule has 0 amide bonds. The largest absolute Gasteiger partial charge is 0.478 e. The Bertz CT molecular complexity index is 436. The first-order valence-electron chi connectivity index (χ1n) is 4.59. The SMILES string of the molecule is CCOC(=O)c1cc(C=O)cc(C(=O)O)c1. The Morgan fingerprint density at radius 2 is 1.94 bits per heavy atom. The van der Waals surface area contributed by atoms with E-state index in [4.69, 9.17) is 9.84 Å². The van der Waals surface area contributed by atoms with Crippen LogP contribution in [0.15, 0.2) is 18.2 Å². The maximum Gasteiger partial charge on any atom is 0.338 e. The summed E-state index contributed by atoms with van der Waals surface area (Å²) >= 11 is 0. The van der Waals surface area contributed by atoms with Crippen molar-refractivity contribution in [3.05, 3.63) is 34.9 Å². The van der Waals surface area contributed by atoms with Gasteiger partial charge < -0.3 is 9.84 Å². The van der Waals surface area contributed by atoms with Crippen LogP contribution in [0.2, 0.25) is 0 Å². The van der Waals surface area contributed by atoms with E-state index >= 15 is 0 Å². The second-order valence-corrected chi connectivity index (χ2v) is 2.99. The van der Waals surface area contributed by atoms with E-state index in [1.807, 2.05) is 0 Å². The second kappa shape index (κ2) is 5.06. The average molecular weight is 222 g/mol. The molecule has 0 radical (unpaired) electrons. The molecule has 0 aromatic heterocycles. The first-order valence-corrected chi connectivity index (χ1v) is 4.59. The molecule has 5 heteroatoms. The fraction of sp³-hybridized carbons (Fsp3) is 0.182. The van der Waals surface area contributed by atoms with Gasteiger partial charge in [-0.2, -0.15) is 0 Å². The summed E-state index contributed by atoms with van der Waals surface area (Å²) in [6.45, 7) is 1.83. The summed E-state index contributed by atoms with van der Waals surface area (Å²) in [6, 6.07) is 3.66. The molecule has 0 saturated heterocycles. The highest BCUT2D eigenvalue weighted by molar-refractivity contribution is 5.97. The highest BCUT2D eigenvalue weighted by Crippen LogP contribution is 2.10. The molecule has 0 aliphatic rings. The predicted octanol–water partition coefficient (Wildman–Crippen LogP) is 1.37. The lowest BCUT2D eigenvalue weighted by molar-refractivity contribution is 0.0526. The van der Waals surface area contributed by atoms with Crippen LogP contribution in [0.3, 0.4) is 0 Å². The number of hydrogen-bond acceptors (Lipinski definition) is 4. The van der Waals surface area contributed by atoms with Gasteiger partial charge >= 0.3 is 11.9 Å². The Kier molecular flexibility index (Phi) is 3.77. The molecule has 5 nitrogen and oxygen atoms in total. The van der Waals surface area contributed by atoms with Crippen molar-refractivity contribution in [2.24, 2.45) is 0 Å². The zero-order chi connectivity index (χ0) is 12.1. The van der Waals surface area contributed by atoms with Crippen LogP contribution >= 0.6 is 0 Å². The fourth-order valence-corrected chi connectivity index (χ4v) is 1.18. The molecular weight excluding hydrogens is 212 g/mol. The smallest absolute Gasteiger partial charge is 0.338 e. The van der Waals surface area contributed by atoms with Crippen molar-refractivity contribution in [3.63, 3.8) is 0 Å². The number of aromatic carboxylic acids is 1. The van der Waals surface area contributed by atoms with E-state index in [2.05, 4.69) is 0 Å². The normalized spacial score (nSPS) is 9.56. The number of carboxylic acid groups (broad SMARTS) is 1. The molecule has 0 aliphatic heterocycles. The van der Waals surface area contributed by atoms with Gasteiger partial charge in [0.15, 0.2) is 0 Å². The van der Waals surface area contributed by atoms with Crippen LogP contribution in [0.25, 0.3) is 0 Å². The number of carbonyl (C=O) groups excluding carboxylic acids is 2. The van der Waals surface area contributed by atoms with Crippen LogP contribution in [0.5, 0.6) is 0 Å². The lowest BCUT2D eigenvalue weighted by Crippen LogP contribution is -2.08. The molecule has 1 N–H and O–H groups in total. The van der Waals surface area contributed by atoms with E-state index in [0.717, 1.165) is 0 Å². The van der Waals surface area contributed by atoms with Crippen molar-refractivity contribution < 1.29 is 24.2 Å². The van der Waals surface area contributed by atoms with Crippen molar-refractivity contribution in [1.29, 1.82) is 0 Å². The van der Waals surface area contributed by atoms with Crippen LogP contribution in [0.1, 0.15) is 38.0 Å². The molecule has 0 unspecified atom stereocenters. The minimum absolute atomic E-state index is 0.0591. The predicted molar refractivity (Wildman–Crippen MR) is 54.7 cm³/mol. The lowest BCUT2D eigenvalue weighted by atomic mass is 10.1. The molecule has 0 aliphatic carbocycles. The number of aldehydes is 1. The molecule has 0 fully saturated rings. The molecule has 1 rings (SSSR count). The number of carboxylic acids is 1. The maximum atomic E-state index is 11.4. The zero-order valence-electron chi connectivity index (χ0n) is 8.60. The van der Waals surface area contributed by atoms with Gasteiger partial charge in [-0.05, 0) is 25.1 Å². The highest BCUT2D eigenvalue weighted by atomic mass is 16.5. The number of hydrogen-bond donors (Lipinski definition) is 1. The van der Waals surface area contributed by atoms with Crippen molar-refractivity contribution >= 4 is 18.2 Å². The van der Waals surface area contributed by atoms with Crippen LogP contribution in [-0.4, -0.2) is 29.9 Å². The number of esters is 1. The van der Waals surface area contributed by atoms with Gasteiger partial charge in [0.1, 0.15) is 6.29 Å². The van der Waals surface area contributed by atoms with Gasteiger partial charge in [-0.15, -0.1) is 0 Å². The summed E-state index contributed by atoms with van der Waals surface area (Å²) in [5.41, 5.74) is 0.0689. The number of benzene rings is 1. The lowest BCUT2D eigenvalue weighted by Gasteiger charge is -2.03. The molecule has 1 aromatic carbocycles. The molecule has 0 bridgehead atoms. The molecule has 16 heavy (non-hydrogen) atoms. The van der Waals surface area contributed by atoms with Gasteiger partial charge in [0.2, 0.25) is 0 Å². The Labute approximate surface area is 91.6 Å². The summed E-state index contributed by atoms with van der Waals surface area (Å²) < 4.78 is 4.71. The Hall–Kier alpha value is -2.17. The van der Waals surface area contributed by atoms with Crippen LogP contribution in [-0.2, 0) is 4.74 Å². The minimum atomic E-state index is -1.20. The molecular formula is C11H10O5. The first-order chi connectivity index (χ1) is 7.58. The third-order valence-corrected chi connectivity index (χ3v) is 1.85. The van der Waals surface area contributed by atoms with E-state index in [0.29, 0.717) is 6.29 Å². The van der Waals surface area contributed by atoms with Crippen molar-refractivity contribution in [2.45, 2.75) is 6.92 Å². The third-order valence-electron chi connectivity index (χ3n) is 1.85. The van der Waals surface area contributed by atoms with Crippen LogP contribution in [0.4, 0.5) is 0 Å². The maximum absolute atomic E-state index is 11.4. The summed E-state index contributed by atoms with van der Waals surface area (Å²) in [6.07, 6.45) is 0.481. The Balaban J connectivity index is 3.18. The fourth-order valence-electron chi connectivity index (χ4n) is 1.18. The van der Waals surface area contributed by atoms with E-state index in [1.165, 1.54) is 18.2 Å². The van der Waals surface area contributed by atoms with Gasteiger partial charge in [-0.3, -0.25) is 4.79 Å². The van der Waals surface area contributed by atoms with Crippen molar-refractivity contribution in [3.8, 4) is 0 Å². The summed E-state index contributed by atoms with van der Waals surface area (Å²) in [7, 11) is 0. The van der Waals surface area contributed by atoms with Gasteiger partial charge in [0.25, 0.3) is 0 Å². The summed E-state index contributed by atoms with van der Waals surface area (Å²) in [5.74, 6) is -1.84. The Morgan fingerprint density at radius 3 is 2.44 bits per heavy atom. The quantitative estimate of drug-likeness (QED) is 0.614. The molecule has 84 valence electrons. The molecule has 0 spiro atoms. The number of ether oxygens (including phenoxy) is 1. The summed E-state index contributed by atoms with van der Waals surface area (Å²) in [4.78, 5) is 32.7. The standard InChI is InChI=1S/C11H10O5/c1-2-16-11(15)9-4-7(6-12)3-8(5-9)10(13)14/h3-6H,2H2,1H3,(H,13,14). The zero-order valence-corrected chi connectivity index (χ0v) is 8.60. The molecule has 0 atom stereocenters. The highest BCUT2D eigenvalue weighted by Gasteiger charge is 2.12. The van der Waals surface area contributed by atoms with Crippen LogP contribution in [0, 0.1) is 0 Å². The van der Waals surface area contributed by atoms with Crippen molar-refractivity contribution in [2.75, 3.05) is 6.61 Å². The molecule has 1 aromatic rings. The average Bonchev–Trinajstić information content (AvgIpc) is 2.28. The van der Waals surface area contributed by atoms with Gasteiger partial charge in [-0.1, -0.05) is 0 Å². The third kappa shape index (κ3) is 2.66. The monoisotopic (exact) mass is 222 g/mol. The van der Waals surface area contributed by atoms with E-state index in [1.54, 1.807) is 6.92 Å². The van der Waals surface area contributed by atoms with Gasteiger partial charge in [-0.25, -0.2) is 9.59 Å². The minimum Gasteiger partial charge on any atom is -0.478 e.